The van der Waals surface area contributed by atoms with Crippen molar-refractivity contribution in [2.75, 3.05) is 33.4 Å². The highest BCUT2D eigenvalue weighted by atomic mass is 32.2. The normalized spacial score (nSPS) is 20.9. The van der Waals surface area contributed by atoms with E-state index in [4.69, 9.17) is 4.84 Å². The number of aldehydes is 1. The minimum absolute atomic E-state index is 0.0185. The fourth-order valence-electron chi connectivity index (χ4n) is 5.82. The van der Waals surface area contributed by atoms with Gasteiger partial charge < -0.3 is 25.6 Å². The number of carbonyl (C=O) groups excluding carboxylic acids is 5. The van der Waals surface area contributed by atoms with Crippen molar-refractivity contribution < 1.29 is 28.8 Å². The van der Waals surface area contributed by atoms with E-state index in [0.717, 1.165) is 51.2 Å². The number of ketones is 1. The highest BCUT2D eigenvalue weighted by Gasteiger charge is 2.46. The maximum absolute atomic E-state index is 13.4. The number of likely N-dealkylation sites (tertiary alicyclic amines) is 1. The van der Waals surface area contributed by atoms with Gasteiger partial charge in [0.25, 0.3) is 5.91 Å². The zero-order chi connectivity index (χ0) is 38.8. The van der Waals surface area contributed by atoms with Crippen LogP contribution >= 0.6 is 11.9 Å². The van der Waals surface area contributed by atoms with Crippen LogP contribution in [0.5, 0.6) is 0 Å². The molecule has 1 heterocycles. The predicted molar refractivity (Wildman–Crippen MR) is 209 cm³/mol. The second kappa shape index (κ2) is 28.4. The number of nitrogens with one attached hydrogen (secondary N) is 5. The molecule has 13 heteroatoms. The van der Waals surface area contributed by atoms with Gasteiger partial charge in [0.15, 0.2) is 6.23 Å². The zero-order valence-corrected chi connectivity index (χ0v) is 34.5. The van der Waals surface area contributed by atoms with E-state index in [0.29, 0.717) is 30.8 Å². The van der Waals surface area contributed by atoms with Gasteiger partial charge in [-0.2, -0.15) is 0 Å². The zero-order valence-electron chi connectivity index (χ0n) is 33.7. The molecule has 2 saturated carbocycles. The molecule has 51 heavy (non-hydrogen) atoms. The molecule has 0 aromatic rings. The van der Waals surface area contributed by atoms with E-state index < -0.39 is 11.5 Å². The molecule has 3 fully saturated rings. The minimum Gasteiger partial charge on any atom is -0.347 e. The number of hydrogen-bond acceptors (Lipinski definition) is 10. The molecule has 3 unspecified atom stereocenters. The summed E-state index contributed by atoms with van der Waals surface area (Å²) in [7, 11) is 3.43. The number of amides is 3. The van der Waals surface area contributed by atoms with Gasteiger partial charge in [0.05, 0.1) is 12.6 Å². The summed E-state index contributed by atoms with van der Waals surface area (Å²) in [6.07, 6.45) is 19.0. The van der Waals surface area contributed by atoms with Gasteiger partial charge in [0.2, 0.25) is 17.6 Å². The largest absolute Gasteiger partial charge is 0.347 e. The summed E-state index contributed by atoms with van der Waals surface area (Å²) in [6.45, 7) is 14.9. The quantitative estimate of drug-likeness (QED) is 0.0573. The monoisotopic (exact) mass is 743 g/mol. The Kier molecular flexibility index (Phi) is 27.3. The number of rotatable bonds is 17. The smallest absolute Gasteiger partial charge is 0.287 e. The van der Waals surface area contributed by atoms with E-state index in [1.165, 1.54) is 50.5 Å². The van der Waals surface area contributed by atoms with E-state index in [2.05, 4.69) is 40.0 Å². The van der Waals surface area contributed by atoms with Crippen molar-refractivity contribution in [2.45, 2.75) is 163 Å². The van der Waals surface area contributed by atoms with Gasteiger partial charge in [-0.3, -0.25) is 28.7 Å². The second-order valence-corrected chi connectivity index (χ2v) is 15.7. The number of hydroxylamine groups is 1. The van der Waals surface area contributed by atoms with Crippen molar-refractivity contribution in [1.29, 1.82) is 0 Å². The number of likely N-dealkylation sites (N-methyl/N-ethyl adjacent to an activating group) is 1. The topological polar surface area (TPSA) is 158 Å². The number of Topliss-reactive ketones (excluding diaryl/α,β-unsaturated/α-hetero) is 1. The van der Waals surface area contributed by atoms with E-state index in [-0.39, 0.29) is 42.3 Å². The molecule has 0 aromatic heterocycles. The molecule has 1 aliphatic heterocycles. The lowest BCUT2D eigenvalue weighted by Crippen LogP contribution is -2.57. The fourth-order valence-corrected chi connectivity index (χ4v) is 6.25. The maximum Gasteiger partial charge on any atom is 0.287 e. The number of hydrogen-bond donors (Lipinski definition) is 5. The van der Waals surface area contributed by atoms with Crippen LogP contribution in [0.4, 0.5) is 0 Å². The summed E-state index contributed by atoms with van der Waals surface area (Å²) in [5.41, 5.74) is 2.38. The summed E-state index contributed by atoms with van der Waals surface area (Å²) in [5, 5.41) is 8.40. The van der Waals surface area contributed by atoms with Gasteiger partial charge in [0.1, 0.15) is 12.3 Å². The average molecular weight is 743 g/mol. The van der Waals surface area contributed by atoms with Gasteiger partial charge in [0, 0.05) is 32.0 Å². The van der Waals surface area contributed by atoms with Crippen LogP contribution in [0.1, 0.15) is 138 Å². The third kappa shape index (κ3) is 21.9. The molecule has 12 nitrogen and oxygen atoms in total. The van der Waals surface area contributed by atoms with Gasteiger partial charge in [-0.15, -0.1) is 0 Å². The van der Waals surface area contributed by atoms with Crippen LogP contribution in [0.3, 0.4) is 0 Å². The molecule has 2 aliphatic carbocycles. The lowest BCUT2D eigenvalue weighted by molar-refractivity contribution is -0.158. The lowest BCUT2D eigenvalue weighted by atomic mass is 9.85. The van der Waals surface area contributed by atoms with Gasteiger partial charge >= 0.3 is 0 Å². The van der Waals surface area contributed by atoms with Crippen LogP contribution in [0.15, 0.2) is 0 Å². The molecule has 0 radical (unpaired) electrons. The third-order valence-electron chi connectivity index (χ3n) is 8.99. The van der Waals surface area contributed by atoms with E-state index >= 15 is 0 Å². The van der Waals surface area contributed by atoms with Crippen molar-refractivity contribution in [3.05, 3.63) is 0 Å². The van der Waals surface area contributed by atoms with Crippen molar-refractivity contribution in [3.63, 3.8) is 0 Å². The first-order valence-electron chi connectivity index (χ1n) is 19.4. The Morgan fingerprint density at radius 2 is 1.53 bits per heavy atom. The summed E-state index contributed by atoms with van der Waals surface area (Å²) in [5.74, 6) is -0.248. The fraction of sp³-hybridized carbons (Fsp3) is 0.868. The van der Waals surface area contributed by atoms with Crippen molar-refractivity contribution in [1.82, 2.24) is 31.1 Å². The standard InChI is InChI=1S/C19H38N4O3.C9H15NO2.C6H12.C4H9NOS/c1-8-9-10-14-13(2)12-23(18(14)26-21-7)17(25)16(19(3,4)5)22-15(24)11-20-6;1-2-3-4-8(11)9(12)10-7-5-6-7;1-2-4-6-5-3-1;1-4(3-6)5-7-2/h13-14,16,18,20-21H,8-12H2,1-7H3,(H,22,24);7H,2-6H2,1H3,(H,10,12);1-6H2;3-5H,1-2H3/t13?,14-,16?,18?;;;4-/m0..1/s1. The molecule has 0 spiro atoms. The van der Waals surface area contributed by atoms with Crippen LogP contribution in [0, 0.1) is 17.3 Å². The highest BCUT2D eigenvalue weighted by molar-refractivity contribution is 7.96. The Hall–Kier alpha value is -2.06. The molecule has 3 rings (SSSR count). The molecular formula is C38H74N6O6S. The van der Waals surface area contributed by atoms with Gasteiger partial charge in [-0.05, 0) is 57.2 Å². The summed E-state index contributed by atoms with van der Waals surface area (Å²) in [6, 6.07) is -0.318. The lowest BCUT2D eigenvalue weighted by Gasteiger charge is -2.36. The maximum atomic E-state index is 13.4. The van der Waals surface area contributed by atoms with E-state index in [9.17, 15) is 24.0 Å². The van der Waals surface area contributed by atoms with Crippen molar-refractivity contribution in [2.24, 2.45) is 17.3 Å². The first-order valence-corrected chi connectivity index (χ1v) is 20.6. The van der Waals surface area contributed by atoms with E-state index in [1.807, 2.05) is 40.9 Å². The summed E-state index contributed by atoms with van der Waals surface area (Å²) >= 11 is 1.45. The molecule has 5 N–H and O–H groups in total. The van der Waals surface area contributed by atoms with Crippen molar-refractivity contribution >= 4 is 41.7 Å². The van der Waals surface area contributed by atoms with Crippen LogP contribution in [0.2, 0.25) is 0 Å². The van der Waals surface area contributed by atoms with Crippen LogP contribution in [-0.4, -0.2) is 92.5 Å². The van der Waals surface area contributed by atoms with Crippen LogP contribution in [-0.2, 0) is 28.8 Å². The number of carbonyl (C=O) groups is 5. The molecule has 0 aromatic carbocycles. The number of unbranched alkanes of at least 4 members (excludes halogenated alkanes) is 2. The van der Waals surface area contributed by atoms with E-state index in [1.54, 1.807) is 19.0 Å². The highest BCUT2D eigenvalue weighted by Crippen LogP contribution is 2.35. The predicted octanol–water partition coefficient (Wildman–Crippen LogP) is 5.30. The van der Waals surface area contributed by atoms with Crippen LogP contribution < -0.4 is 26.2 Å². The SMILES string of the molecule is C1CCCCC1.CCCCC(=O)C(=O)NC1CC1.CCCC[C@H]1C(C)CN(C(=O)C(NC(=O)CNC)C(C)(C)C)C1ONC.CSN[C@H](C)C=O. The second-order valence-electron chi connectivity index (χ2n) is 15.0. The van der Waals surface area contributed by atoms with Gasteiger partial charge in [-0.25, -0.2) is 5.48 Å². The molecule has 298 valence electrons. The number of nitrogens with zero attached hydrogens (tertiary/aromatic N) is 1. The molecular weight excluding hydrogens is 669 g/mol. The Morgan fingerprint density at radius 1 is 0.961 bits per heavy atom. The van der Waals surface area contributed by atoms with Crippen LogP contribution in [0.25, 0.3) is 0 Å². The molecule has 5 atom stereocenters. The first kappa shape index (κ1) is 48.9. The third-order valence-corrected chi connectivity index (χ3v) is 9.60. The molecule has 0 bridgehead atoms. The Labute approximate surface area is 314 Å². The molecule has 1 saturated heterocycles. The first-order chi connectivity index (χ1) is 24.2. The molecule has 3 amide bonds. The minimum atomic E-state index is -0.594. The summed E-state index contributed by atoms with van der Waals surface area (Å²) in [4.78, 5) is 64.9. The Bertz CT molecular complexity index is 977. The Morgan fingerprint density at radius 3 is 1.94 bits per heavy atom. The Balaban J connectivity index is 0.000000809. The summed E-state index contributed by atoms with van der Waals surface area (Å²) < 4.78 is 2.84. The average Bonchev–Trinajstić information content (AvgIpc) is 3.87. The van der Waals surface area contributed by atoms with Gasteiger partial charge in [-0.1, -0.05) is 111 Å². The molecule has 3 aliphatic rings. The van der Waals surface area contributed by atoms with Crippen molar-refractivity contribution in [3.8, 4) is 0 Å².